The number of hydrogen-bond donors (Lipinski definition) is 3. The molecule has 4 atom stereocenters. The molecule has 1 saturated heterocycles. The number of anilines is 2. The molecular weight excluding hydrogens is 326 g/mol. The summed E-state index contributed by atoms with van der Waals surface area (Å²) in [5.41, 5.74) is 11.4. The zero-order chi connectivity index (χ0) is 18.4. The molecule has 3 aliphatic rings. The summed E-state index contributed by atoms with van der Waals surface area (Å²) < 4.78 is 0. The maximum absolute atomic E-state index is 12.5. The maximum Gasteiger partial charge on any atom is 0.317 e. The van der Waals surface area contributed by atoms with Gasteiger partial charge in [0.2, 0.25) is 0 Å². The van der Waals surface area contributed by atoms with Gasteiger partial charge < -0.3 is 26.2 Å². The number of nitrogens with zero attached hydrogens (tertiary/aromatic N) is 2. The van der Waals surface area contributed by atoms with Crippen molar-refractivity contribution in [2.75, 3.05) is 44.3 Å². The average molecular weight is 358 g/mol. The van der Waals surface area contributed by atoms with Crippen molar-refractivity contribution in [3.8, 4) is 0 Å². The molecule has 2 unspecified atom stereocenters. The van der Waals surface area contributed by atoms with E-state index in [1.54, 1.807) is 0 Å². The molecule has 2 aliphatic heterocycles. The van der Waals surface area contributed by atoms with Crippen LogP contribution in [0.15, 0.2) is 12.1 Å². The quantitative estimate of drug-likeness (QED) is 0.726. The highest BCUT2D eigenvalue weighted by atomic mass is 16.2. The van der Waals surface area contributed by atoms with Crippen LogP contribution in [0.5, 0.6) is 0 Å². The highest BCUT2D eigenvalue weighted by Crippen LogP contribution is 2.51. The second-order valence-electron chi connectivity index (χ2n) is 8.01. The Balaban J connectivity index is 1.60. The van der Waals surface area contributed by atoms with Gasteiger partial charge in [-0.1, -0.05) is 0 Å². The van der Waals surface area contributed by atoms with Crippen molar-refractivity contribution in [2.45, 2.75) is 50.6 Å². The van der Waals surface area contributed by atoms with Gasteiger partial charge in [0.15, 0.2) is 0 Å². The topological polar surface area (TPSA) is 73.6 Å². The van der Waals surface area contributed by atoms with E-state index in [1.807, 2.05) is 24.8 Å². The van der Waals surface area contributed by atoms with Crippen LogP contribution in [0.1, 0.15) is 49.7 Å². The van der Waals surface area contributed by atoms with E-state index >= 15 is 0 Å². The lowest BCUT2D eigenvalue weighted by Gasteiger charge is -2.48. The predicted molar refractivity (Wildman–Crippen MR) is 106 cm³/mol. The third-order valence-corrected chi connectivity index (χ3v) is 6.62. The number of piperidine rings is 1. The number of amides is 2. The van der Waals surface area contributed by atoms with E-state index in [2.05, 4.69) is 28.6 Å². The molecule has 6 heteroatoms. The highest BCUT2D eigenvalue weighted by Gasteiger charge is 2.45. The first-order valence-corrected chi connectivity index (χ1v) is 9.95. The molecule has 0 aromatic heterocycles. The third-order valence-electron chi connectivity index (χ3n) is 6.62. The summed E-state index contributed by atoms with van der Waals surface area (Å²) in [6, 6.07) is 4.89. The fourth-order valence-corrected chi connectivity index (χ4v) is 5.35. The second kappa shape index (κ2) is 6.65. The van der Waals surface area contributed by atoms with Crippen LogP contribution in [0, 0.1) is 0 Å². The lowest BCUT2D eigenvalue weighted by molar-refractivity contribution is 0.109. The number of benzene rings is 1. The Labute approximate surface area is 156 Å². The van der Waals surface area contributed by atoms with Gasteiger partial charge in [0.1, 0.15) is 0 Å². The van der Waals surface area contributed by atoms with Crippen LogP contribution in [-0.4, -0.2) is 61.1 Å². The molecule has 1 aromatic carbocycles. The summed E-state index contributed by atoms with van der Waals surface area (Å²) in [4.78, 5) is 16.8. The number of carbonyl (C=O) groups is 1. The van der Waals surface area contributed by atoms with E-state index in [-0.39, 0.29) is 12.1 Å². The van der Waals surface area contributed by atoms with Gasteiger partial charge in [-0.25, -0.2) is 4.79 Å². The zero-order valence-electron chi connectivity index (χ0n) is 16.1. The SMILES string of the molecule is CCN(CC)C(=O)N[C@H]1CC2c3c(N)ccc4c3C(CN4)C[C@H]2N(C)C1. The molecule has 26 heavy (non-hydrogen) atoms. The Hall–Kier alpha value is -1.95. The summed E-state index contributed by atoms with van der Waals surface area (Å²) in [6.45, 7) is 7.45. The van der Waals surface area contributed by atoms with Crippen LogP contribution in [0.25, 0.3) is 0 Å². The monoisotopic (exact) mass is 357 g/mol. The zero-order valence-corrected chi connectivity index (χ0v) is 16.1. The number of urea groups is 1. The lowest BCUT2D eigenvalue weighted by atomic mass is 9.69. The molecule has 0 spiro atoms. The van der Waals surface area contributed by atoms with Crippen molar-refractivity contribution in [2.24, 2.45) is 0 Å². The number of rotatable bonds is 3. The molecule has 0 saturated carbocycles. The van der Waals surface area contributed by atoms with Crippen molar-refractivity contribution in [1.29, 1.82) is 0 Å². The third kappa shape index (κ3) is 2.71. The van der Waals surface area contributed by atoms with Crippen LogP contribution >= 0.6 is 0 Å². The number of likely N-dealkylation sites (N-methyl/N-ethyl adjacent to an activating group) is 1. The van der Waals surface area contributed by atoms with Crippen LogP contribution in [-0.2, 0) is 0 Å². The lowest BCUT2D eigenvalue weighted by Crippen LogP contribution is -2.56. The Kier molecular flexibility index (Phi) is 4.47. The van der Waals surface area contributed by atoms with Gasteiger partial charge in [0.05, 0.1) is 0 Å². The second-order valence-corrected chi connectivity index (χ2v) is 8.01. The van der Waals surface area contributed by atoms with E-state index in [1.165, 1.54) is 23.2 Å². The Morgan fingerprint density at radius 3 is 2.81 bits per heavy atom. The summed E-state index contributed by atoms with van der Waals surface area (Å²) in [6.07, 6.45) is 2.14. The molecule has 0 bridgehead atoms. The molecular formula is C20H31N5O. The summed E-state index contributed by atoms with van der Waals surface area (Å²) in [5, 5.41) is 6.82. The number of carbonyl (C=O) groups excluding carboxylic acids is 1. The first kappa shape index (κ1) is 17.5. The highest BCUT2D eigenvalue weighted by molar-refractivity contribution is 5.75. The van der Waals surface area contributed by atoms with Crippen molar-refractivity contribution >= 4 is 17.4 Å². The van der Waals surface area contributed by atoms with Gasteiger partial charge in [0.25, 0.3) is 0 Å². The number of hydrogen-bond acceptors (Lipinski definition) is 4. The molecule has 142 valence electrons. The van der Waals surface area contributed by atoms with Crippen LogP contribution in [0.3, 0.4) is 0 Å². The van der Waals surface area contributed by atoms with Gasteiger partial charge in [-0.2, -0.15) is 0 Å². The minimum Gasteiger partial charge on any atom is -0.398 e. The fourth-order valence-electron chi connectivity index (χ4n) is 5.35. The number of likely N-dealkylation sites (tertiary alicyclic amines) is 1. The maximum atomic E-state index is 12.5. The predicted octanol–water partition coefficient (Wildman–Crippen LogP) is 2.39. The summed E-state index contributed by atoms with van der Waals surface area (Å²) >= 11 is 0. The molecule has 1 fully saturated rings. The standard InChI is InChI=1S/C20H31N5O/c1-4-25(5-2)20(26)23-13-9-14-17(24(3)11-13)8-12-10-22-16-7-6-15(21)19(14)18(12)16/h6-7,12-14,17,22H,4-5,8-11,21H2,1-3H3,(H,23,26)/t12?,13-,14?,17+/m0/s1. The first-order chi connectivity index (χ1) is 12.5. The van der Waals surface area contributed by atoms with Gasteiger partial charge >= 0.3 is 6.03 Å². The smallest absolute Gasteiger partial charge is 0.317 e. The number of nitrogens with two attached hydrogens (primary N) is 1. The molecule has 1 aliphatic carbocycles. The van der Waals surface area contributed by atoms with E-state index in [0.717, 1.165) is 38.3 Å². The molecule has 4 rings (SSSR count). The van der Waals surface area contributed by atoms with E-state index < -0.39 is 0 Å². The first-order valence-electron chi connectivity index (χ1n) is 9.95. The van der Waals surface area contributed by atoms with Crippen LogP contribution < -0.4 is 16.4 Å². The Bertz CT molecular complexity index is 702. The van der Waals surface area contributed by atoms with Gasteiger partial charge in [0, 0.05) is 61.5 Å². The molecule has 4 N–H and O–H groups in total. The molecule has 2 heterocycles. The van der Waals surface area contributed by atoms with Crippen molar-refractivity contribution < 1.29 is 4.79 Å². The normalized spacial score (nSPS) is 29.5. The number of nitrogens with one attached hydrogen (secondary N) is 2. The minimum absolute atomic E-state index is 0.0495. The minimum atomic E-state index is 0.0495. The summed E-state index contributed by atoms with van der Waals surface area (Å²) in [5.74, 6) is 0.955. The number of fused-ring (bicyclic) bond motifs is 2. The molecule has 0 radical (unpaired) electrons. The van der Waals surface area contributed by atoms with E-state index in [9.17, 15) is 4.79 Å². The molecule has 1 aromatic rings. The van der Waals surface area contributed by atoms with E-state index in [0.29, 0.717) is 17.9 Å². The molecule has 6 nitrogen and oxygen atoms in total. The van der Waals surface area contributed by atoms with Crippen LogP contribution in [0.2, 0.25) is 0 Å². The van der Waals surface area contributed by atoms with E-state index in [4.69, 9.17) is 5.73 Å². The molecule has 2 amide bonds. The van der Waals surface area contributed by atoms with Crippen LogP contribution in [0.4, 0.5) is 16.2 Å². The van der Waals surface area contributed by atoms with Gasteiger partial charge in [-0.05, 0) is 57.0 Å². The van der Waals surface area contributed by atoms with Crippen molar-refractivity contribution in [3.63, 3.8) is 0 Å². The fraction of sp³-hybridized carbons (Fsp3) is 0.650. The average Bonchev–Trinajstić information content (AvgIpc) is 3.02. The van der Waals surface area contributed by atoms with Gasteiger partial charge in [-0.15, -0.1) is 0 Å². The largest absolute Gasteiger partial charge is 0.398 e. The van der Waals surface area contributed by atoms with Gasteiger partial charge in [-0.3, -0.25) is 0 Å². The summed E-state index contributed by atoms with van der Waals surface area (Å²) in [7, 11) is 2.20. The van der Waals surface area contributed by atoms with Crippen molar-refractivity contribution in [1.82, 2.24) is 15.1 Å². The Morgan fingerprint density at radius 2 is 2.08 bits per heavy atom. The number of nitrogen functional groups attached to an aromatic ring is 1. The Morgan fingerprint density at radius 1 is 1.31 bits per heavy atom. The van der Waals surface area contributed by atoms with Crippen molar-refractivity contribution in [3.05, 3.63) is 23.3 Å².